The van der Waals surface area contributed by atoms with Gasteiger partial charge in [-0.15, -0.1) is 0 Å². The zero-order valence-corrected chi connectivity index (χ0v) is 14.1. The zero-order chi connectivity index (χ0) is 17.4. The average molecular weight is 322 g/mol. The van der Waals surface area contributed by atoms with Crippen molar-refractivity contribution < 1.29 is 4.79 Å². The summed E-state index contributed by atoms with van der Waals surface area (Å²) < 4.78 is 0. The van der Waals surface area contributed by atoms with Crippen LogP contribution in [0.3, 0.4) is 0 Å². The minimum absolute atomic E-state index is 0.00896. The second-order valence-electron chi connectivity index (χ2n) is 5.57. The molecule has 0 saturated heterocycles. The Morgan fingerprint density at radius 1 is 1.12 bits per heavy atom. The third-order valence-electron chi connectivity index (χ3n) is 3.56. The van der Waals surface area contributed by atoms with E-state index in [1.807, 2.05) is 23.1 Å². The number of amides is 1. The second-order valence-corrected chi connectivity index (χ2v) is 5.57. The Balaban J connectivity index is 2.15. The van der Waals surface area contributed by atoms with E-state index in [9.17, 15) is 4.79 Å². The molecule has 0 spiro atoms. The molecule has 0 aliphatic heterocycles. The number of hydrogen-bond acceptors (Lipinski definition) is 4. The fourth-order valence-electron chi connectivity index (χ4n) is 2.46. The third-order valence-corrected chi connectivity index (χ3v) is 3.56. The molecule has 1 aromatic heterocycles. The van der Waals surface area contributed by atoms with Crippen LogP contribution in [0.15, 0.2) is 42.7 Å². The number of nitrogens with zero attached hydrogens (tertiary/aromatic N) is 3. The van der Waals surface area contributed by atoms with Gasteiger partial charge in [0.05, 0.1) is 29.1 Å². The highest BCUT2D eigenvalue weighted by atomic mass is 16.2. The van der Waals surface area contributed by atoms with Crippen LogP contribution in [0.4, 0.5) is 11.4 Å². The summed E-state index contributed by atoms with van der Waals surface area (Å²) in [6, 6.07) is 11.0. The van der Waals surface area contributed by atoms with Gasteiger partial charge in [0.1, 0.15) is 0 Å². The molecule has 1 aromatic carbocycles. The van der Waals surface area contributed by atoms with Crippen LogP contribution in [-0.2, 0) is 0 Å². The van der Waals surface area contributed by atoms with Crippen LogP contribution in [0.1, 0.15) is 42.6 Å². The largest absolute Gasteiger partial charge is 0.354 e. The Morgan fingerprint density at radius 2 is 1.79 bits per heavy atom. The smallest absolute Gasteiger partial charge is 0.255 e. The molecular formula is C19H22N4O. The number of anilines is 2. The predicted molar refractivity (Wildman–Crippen MR) is 95.2 cm³/mol. The van der Waals surface area contributed by atoms with Crippen molar-refractivity contribution in [2.75, 3.05) is 18.4 Å². The zero-order valence-electron chi connectivity index (χ0n) is 14.1. The van der Waals surface area contributed by atoms with Gasteiger partial charge >= 0.3 is 0 Å². The summed E-state index contributed by atoms with van der Waals surface area (Å²) in [5.41, 5.74) is 2.78. The van der Waals surface area contributed by atoms with Gasteiger partial charge in [0, 0.05) is 25.0 Å². The molecule has 24 heavy (non-hydrogen) atoms. The van der Waals surface area contributed by atoms with Gasteiger partial charge in [-0.25, -0.2) is 0 Å². The van der Waals surface area contributed by atoms with Crippen LogP contribution in [0.2, 0.25) is 0 Å². The number of carbonyl (C=O) groups is 1. The normalized spacial score (nSPS) is 10.0. The highest BCUT2D eigenvalue weighted by Gasteiger charge is 2.15. The fraction of sp³-hybridized carbons (Fsp3) is 0.316. The van der Waals surface area contributed by atoms with Gasteiger partial charge in [0.2, 0.25) is 0 Å². The molecule has 0 aliphatic carbocycles. The molecular weight excluding hydrogens is 300 g/mol. The van der Waals surface area contributed by atoms with E-state index in [1.165, 1.54) is 0 Å². The maximum absolute atomic E-state index is 12.6. The minimum Gasteiger partial charge on any atom is -0.354 e. The Morgan fingerprint density at radius 3 is 2.38 bits per heavy atom. The monoisotopic (exact) mass is 322 g/mol. The SMILES string of the molecule is CCCN(CCC)C(=O)c1cncc(Nc2ccc(C#N)cc2)c1. The van der Waals surface area contributed by atoms with E-state index < -0.39 is 0 Å². The van der Waals surface area contributed by atoms with E-state index in [1.54, 1.807) is 24.5 Å². The van der Waals surface area contributed by atoms with E-state index in [0.29, 0.717) is 11.1 Å². The van der Waals surface area contributed by atoms with Crippen molar-refractivity contribution in [3.8, 4) is 6.07 Å². The Labute approximate surface area is 142 Å². The van der Waals surface area contributed by atoms with Gasteiger partial charge in [0.15, 0.2) is 0 Å². The summed E-state index contributed by atoms with van der Waals surface area (Å²) in [7, 11) is 0. The van der Waals surface area contributed by atoms with Crippen LogP contribution in [0, 0.1) is 11.3 Å². The van der Waals surface area contributed by atoms with Gasteiger partial charge in [-0.05, 0) is 43.2 Å². The lowest BCUT2D eigenvalue weighted by molar-refractivity contribution is 0.0755. The Hall–Kier alpha value is -2.87. The quantitative estimate of drug-likeness (QED) is 0.837. The van der Waals surface area contributed by atoms with Crippen LogP contribution < -0.4 is 5.32 Å². The summed E-state index contributed by atoms with van der Waals surface area (Å²) in [6.45, 7) is 5.63. The number of benzene rings is 1. The molecule has 0 saturated carbocycles. The summed E-state index contributed by atoms with van der Waals surface area (Å²) in [6.07, 6.45) is 5.15. The molecule has 0 unspecified atom stereocenters. The lowest BCUT2D eigenvalue weighted by Crippen LogP contribution is -2.32. The topological polar surface area (TPSA) is 69.0 Å². The van der Waals surface area contributed by atoms with Crippen LogP contribution in [-0.4, -0.2) is 28.9 Å². The number of rotatable bonds is 7. The maximum Gasteiger partial charge on any atom is 0.255 e. The van der Waals surface area contributed by atoms with E-state index in [0.717, 1.165) is 37.3 Å². The van der Waals surface area contributed by atoms with Crippen molar-refractivity contribution in [2.24, 2.45) is 0 Å². The number of nitriles is 1. The first-order valence-corrected chi connectivity index (χ1v) is 8.19. The van der Waals surface area contributed by atoms with Gasteiger partial charge < -0.3 is 10.2 Å². The first-order valence-electron chi connectivity index (χ1n) is 8.19. The summed E-state index contributed by atoms with van der Waals surface area (Å²) in [5, 5.41) is 12.0. The van der Waals surface area contributed by atoms with Gasteiger partial charge in [-0.1, -0.05) is 13.8 Å². The molecule has 2 aromatic rings. The number of nitrogens with one attached hydrogen (secondary N) is 1. The van der Waals surface area contributed by atoms with E-state index in [-0.39, 0.29) is 5.91 Å². The molecule has 2 rings (SSSR count). The molecule has 0 aliphatic rings. The van der Waals surface area contributed by atoms with Crippen molar-refractivity contribution in [1.29, 1.82) is 5.26 Å². The second kappa shape index (κ2) is 8.68. The molecule has 1 heterocycles. The lowest BCUT2D eigenvalue weighted by atomic mass is 10.2. The van der Waals surface area contributed by atoms with Crippen molar-refractivity contribution in [2.45, 2.75) is 26.7 Å². The van der Waals surface area contributed by atoms with Gasteiger partial charge in [-0.2, -0.15) is 5.26 Å². The predicted octanol–water partition coefficient (Wildman–Crippen LogP) is 3.96. The lowest BCUT2D eigenvalue weighted by Gasteiger charge is -2.21. The fourth-order valence-corrected chi connectivity index (χ4v) is 2.46. The van der Waals surface area contributed by atoms with E-state index in [4.69, 9.17) is 5.26 Å². The molecule has 0 bridgehead atoms. The molecule has 124 valence electrons. The van der Waals surface area contributed by atoms with Crippen LogP contribution in [0.25, 0.3) is 0 Å². The van der Waals surface area contributed by atoms with Crippen LogP contribution >= 0.6 is 0 Å². The summed E-state index contributed by atoms with van der Waals surface area (Å²) >= 11 is 0. The number of carbonyl (C=O) groups excluding carboxylic acids is 1. The van der Waals surface area contributed by atoms with Crippen molar-refractivity contribution >= 4 is 17.3 Å². The molecule has 5 heteroatoms. The number of pyridine rings is 1. The summed E-state index contributed by atoms with van der Waals surface area (Å²) in [4.78, 5) is 18.7. The number of aromatic nitrogens is 1. The highest BCUT2D eigenvalue weighted by molar-refractivity contribution is 5.94. The molecule has 0 fully saturated rings. The molecule has 0 radical (unpaired) electrons. The minimum atomic E-state index is 0.00896. The molecule has 1 N–H and O–H groups in total. The molecule has 5 nitrogen and oxygen atoms in total. The first kappa shape index (κ1) is 17.5. The van der Waals surface area contributed by atoms with E-state index in [2.05, 4.69) is 30.2 Å². The maximum atomic E-state index is 12.6. The van der Waals surface area contributed by atoms with Gasteiger partial charge in [-0.3, -0.25) is 9.78 Å². The van der Waals surface area contributed by atoms with Gasteiger partial charge in [0.25, 0.3) is 5.91 Å². The third kappa shape index (κ3) is 4.56. The Bertz CT molecular complexity index is 713. The first-order chi connectivity index (χ1) is 11.7. The van der Waals surface area contributed by atoms with Crippen molar-refractivity contribution in [3.05, 3.63) is 53.9 Å². The van der Waals surface area contributed by atoms with Crippen molar-refractivity contribution in [1.82, 2.24) is 9.88 Å². The highest BCUT2D eigenvalue weighted by Crippen LogP contribution is 2.18. The standard InChI is InChI=1S/C19H22N4O/c1-3-9-23(10-4-2)19(24)16-11-18(14-21-13-16)22-17-7-5-15(12-20)6-8-17/h5-8,11,13-14,22H,3-4,9-10H2,1-2H3. The summed E-state index contributed by atoms with van der Waals surface area (Å²) in [5.74, 6) is 0.00896. The average Bonchev–Trinajstić information content (AvgIpc) is 2.62. The van der Waals surface area contributed by atoms with E-state index >= 15 is 0 Å². The molecule has 1 amide bonds. The van der Waals surface area contributed by atoms with Crippen molar-refractivity contribution in [3.63, 3.8) is 0 Å². The molecule has 0 atom stereocenters. The van der Waals surface area contributed by atoms with Crippen LogP contribution in [0.5, 0.6) is 0 Å². The number of hydrogen-bond donors (Lipinski definition) is 1. The Kier molecular flexibility index (Phi) is 6.32.